The van der Waals surface area contributed by atoms with Gasteiger partial charge in [0.25, 0.3) is 0 Å². The number of ketones is 1. The van der Waals surface area contributed by atoms with Gasteiger partial charge in [0.1, 0.15) is 5.78 Å². The van der Waals surface area contributed by atoms with Crippen LogP contribution in [0.1, 0.15) is 20.3 Å². The molecule has 0 saturated heterocycles. The Balaban J connectivity index is 2.70. The molecule has 0 radical (unpaired) electrons. The molecule has 1 N–H and O–H groups in total. The standard InChI is InChI=1S/C12H14FNO3/c1-3-17-11-5-4-9(7-10(11)13)14-12(16)6-8(2)15/h4-5,7H,3,6H2,1-2H3,(H,14,16). The second-order valence-electron chi connectivity index (χ2n) is 3.51. The first kappa shape index (κ1) is 13.2. The van der Waals surface area contributed by atoms with Crippen molar-refractivity contribution < 1.29 is 18.7 Å². The maximum Gasteiger partial charge on any atom is 0.231 e. The largest absolute Gasteiger partial charge is 0.491 e. The summed E-state index contributed by atoms with van der Waals surface area (Å²) in [6.07, 6.45) is -0.213. The number of hydrogen-bond acceptors (Lipinski definition) is 3. The molecular weight excluding hydrogens is 225 g/mol. The van der Waals surface area contributed by atoms with Crippen molar-refractivity contribution in [2.45, 2.75) is 20.3 Å². The van der Waals surface area contributed by atoms with Gasteiger partial charge in [-0.1, -0.05) is 0 Å². The molecule has 0 fully saturated rings. The Morgan fingerprint density at radius 1 is 1.41 bits per heavy atom. The third-order valence-corrected chi connectivity index (χ3v) is 1.92. The summed E-state index contributed by atoms with van der Waals surface area (Å²) in [7, 11) is 0. The van der Waals surface area contributed by atoms with Gasteiger partial charge in [-0.15, -0.1) is 0 Å². The number of benzene rings is 1. The Morgan fingerprint density at radius 3 is 2.65 bits per heavy atom. The SMILES string of the molecule is CCOc1ccc(NC(=O)CC(C)=O)cc1F. The van der Waals surface area contributed by atoms with Crippen LogP contribution in [0.3, 0.4) is 0 Å². The zero-order valence-electron chi connectivity index (χ0n) is 9.75. The molecule has 0 aliphatic rings. The zero-order valence-corrected chi connectivity index (χ0v) is 9.75. The summed E-state index contributed by atoms with van der Waals surface area (Å²) < 4.78 is 18.4. The molecule has 0 aromatic heterocycles. The average molecular weight is 239 g/mol. The van der Waals surface area contributed by atoms with E-state index in [-0.39, 0.29) is 18.0 Å². The zero-order chi connectivity index (χ0) is 12.8. The van der Waals surface area contributed by atoms with Crippen LogP contribution < -0.4 is 10.1 Å². The van der Waals surface area contributed by atoms with Crippen molar-refractivity contribution >= 4 is 17.4 Å². The maximum atomic E-state index is 13.4. The third-order valence-electron chi connectivity index (χ3n) is 1.92. The lowest BCUT2D eigenvalue weighted by Crippen LogP contribution is -2.14. The molecule has 0 saturated carbocycles. The number of hydrogen-bond donors (Lipinski definition) is 1. The lowest BCUT2D eigenvalue weighted by atomic mass is 10.2. The summed E-state index contributed by atoms with van der Waals surface area (Å²) in [6.45, 7) is 3.44. The van der Waals surface area contributed by atoms with E-state index in [0.29, 0.717) is 12.3 Å². The molecule has 0 heterocycles. The van der Waals surface area contributed by atoms with Crippen molar-refractivity contribution in [3.63, 3.8) is 0 Å². The highest BCUT2D eigenvalue weighted by atomic mass is 19.1. The van der Waals surface area contributed by atoms with E-state index in [1.807, 2.05) is 0 Å². The van der Waals surface area contributed by atoms with Gasteiger partial charge in [-0.3, -0.25) is 9.59 Å². The van der Waals surface area contributed by atoms with Gasteiger partial charge in [-0.2, -0.15) is 0 Å². The van der Waals surface area contributed by atoms with Crippen LogP contribution in [-0.2, 0) is 9.59 Å². The number of nitrogens with one attached hydrogen (secondary N) is 1. The lowest BCUT2D eigenvalue weighted by molar-refractivity contribution is -0.124. The molecule has 1 aromatic rings. The Hall–Kier alpha value is -1.91. The second-order valence-corrected chi connectivity index (χ2v) is 3.51. The first-order valence-corrected chi connectivity index (χ1v) is 5.24. The van der Waals surface area contributed by atoms with Crippen molar-refractivity contribution in [2.24, 2.45) is 0 Å². The number of Topliss-reactive ketones (excluding diaryl/α,β-unsaturated/α-hetero) is 1. The van der Waals surface area contributed by atoms with E-state index in [9.17, 15) is 14.0 Å². The summed E-state index contributed by atoms with van der Waals surface area (Å²) in [5.74, 6) is -1.11. The number of ether oxygens (including phenoxy) is 1. The van der Waals surface area contributed by atoms with Gasteiger partial charge in [0.15, 0.2) is 11.6 Å². The van der Waals surface area contributed by atoms with E-state index in [4.69, 9.17) is 4.74 Å². The van der Waals surface area contributed by atoms with Gasteiger partial charge < -0.3 is 10.1 Å². The first-order valence-electron chi connectivity index (χ1n) is 5.24. The molecule has 1 amide bonds. The predicted octanol–water partition coefficient (Wildman–Crippen LogP) is 2.14. The van der Waals surface area contributed by atoms with E-state index >= 15 is 0 Å². The van der Waals surface area contributed by atoms with Gasteiger partial charge in [0.05, 0.1) is 13.0 Å². The minimum atomic E-state index is -0.549. The van der Waals surface area contributed by atoms with Crippen LogP contribution in [0.25, 0.3) is 0 Å². The lowest BCUT2D eigenvalue weighted by Gasteiger charge is -2.07. The smallest absolute Gasteiger partial charge is 0.231 e. The highest BCUT2D eigenvalue weighted by Gasteiger charge is 2.08. The molecule has 0 atom stereocenters. The molecule has 0 unspecified atom stereocenters. The Labute approximate surface area is 98.8 Å². The molecule has 5 heteroatoms. The molecule has 0 aliphatic heterocycles. The summed E-state index contributed by atoms with van der Waals surface area (Å²) in [4.78, 5) is 22.0. The fraction of sp³-hybridized carbons (Fsp3) is 0.333. The van der Waals surface area contributed by atoms with Gasteiger partial charge in [0.2, 0.25) is 5.91 Å². The molecule has 0 spiro atoms. The van der Waals surface area contributed by atoms with Crippen LogP contribution >= 0.6 is 0 Å². The molecule has 4 nitrogen and oxygen atoms in total. The fourth-order valence-corrected chi connectivity index (χ4v) is 1.28. The summed E-state index contributed by atoms with van der Waals surface area (Å²) >= 11 is 0. The molecule has 17 heavy (non-hydrogen) atoms. The van der Waals surface area contributed by atoms with E-state index in [1.165, 1.54) is 19.1 Å². The summed E-state index contributed by atoms with van der Waals surface area (Å²) in [5, 5.41) is 2.43. The minimum absolute atomic E-state index is 0.136. The fourth-order valence-electron chi connectivity index (χ4n) is 1.28. The molecule has 0 bridgehead atoms. The van der Waals surface area contributed by atoms with E-state index in [2.05, 4.69) is 5.32 Å². The monoisotopic (exact) mass is 239 g/mol. The van der Waals surface area contributed by atoms with Crippen LogP contribution in [0.4, 0.5) is 10.1 Å². The Bertz CT molecular complexity index is 432. The normalized spacial score (nSPS) is 9.82. The van der Waals surface area contributed by atoms with E-state index < -0.39 is 11.7 Å². The van der Waals surface area contributed by atoms with Crippen LogP contribution in [0.15, 0.2) is 18.2 Å². The van der Waals surface area contributed by atoms with Gasteiger partial charge in [0, 0.05) is 11.8 Å². The highest BCUT2D eigenvalue weighted by molar-refractivity contribution is 6.03. The minimum Gasteiger partial charge on any atom is -0.491 e. The van der Waals surface area contributed by atoms with Gasteiger partial charge in [-0.05, 0) is 26.0 Å². The van der Waals surface area contributed by atoms with Gasteiger partial charge in [-0.25, -0.2) is 4.39 Å². The van der Waals surface area contributed by atoms with Crippen LogP contribution in [0, 0.1) is 5.82 Å². The van der Waals surface area contributed by atoms with Crippen molar-refractivity contribution in [2.75, 3.05) is 11.9 Å². The highest BCUT2D eigenvalue weighted by Crippen LogP contribution is 2.21. The van der Waals surface area contributed by atoms with Crippen LogP contribution in [0.5, 0.6) is 5.75 Å². The molecule has 1 aromatic carbocycles. The van der Waals surface area contributed by atoms with Crippen LogP contribution in [-0.4, -0.2) is 18.3 Å². The number of rotatable bonds is 5. The topological polar surface area (TPSA) is 55.4 Å². The first-order chi connectivity index (χ1) is 8.02. The Morgan fingerprint density at radius 2 is 2.12 bits per heavy atom. The van der Waals surface area contributed by atoms with E-state index in [0.717, 1.165) is 6.07 Å². The molecular formula is C12H14FNO3. The van der Waals surface area contributed by atoms with Crippen molar-refractivity contribution in [1.82, 2.24) is 0 Å². The number of carbonyl (C=O) groups is 2. The third kappa shape index (κ3) is 4.22. The van der Waals surface area contributed by atoms with Crippen molar-refractivity contribution in [3.8, 4) is 5.75 Å². The van der Waals surface area contributed by atoms with Crippen molar-refractivity contribution in [3.05, 3.63) is 24.0 Å². The number of carbonyl (C=O) groups excluding carboxylic acids is 2. The average Bonchev–Trinajstić information content (AvgIpc) is 2.21. The van der Waals surface area contributed by atoms with Crippen molar-refractivity contribution in [1.29, 1.82) is 0 Å². The number of anilines is 1. The van der Waals surface area contributed by atoms with Crippen LogP contribution in [0.2, 0.25) is 0 Å². The number of amides is 1. The second kappa shape index (κ2) is 5.98. The summed E-state index contributed by atoms with van der Waals surface area (Å²) in [5.41, 5.74) is 0.303. The van der Waals surface area contributed by atoms with E-state index in [1.54, 1.807) is 6.92 Å². The molecule has 92 valence electrons. The molecule has 1 rings (SSSR count). The summed E-state index contributed by atoms with van der Waals surface area (Å²) in [6, 6.07) is 4.11. The van der Waals surface area contributed by atoms with Gasteiger partial charge >= 0.3 is 0 Å². The Kier molecular flexibility index (Phi) is 4.63. The molecule has 0 aliphatic carbocycles. The quantitative estimate of drug-likeness (QED) is 0.801. The maximum absolute atomic E-state index is 13.4. The predicted molar refractivity (Wildman–Crippen MR) is 61.5 cm³/mol. The number of halogens is 1.